The fourth-order valence-corrected chi connectivity index (χ4v) is 4.39. The highest BCUT2D eigenvalue weighted by Gasteiger charge is 2.35. The fourth-order valence-electron chi connectivity index (χ4n) is 4.39. The number of hydrogen-bond donors (Lipinski definition) is 0. The summed E-state index contributed by atoms with van der Waals surface area (Å²) in [6, 6.07) is 14.4. The van der Waals surface area contributed by atoms with Gasteiger partial charge in [-0.25, -0.2) is 4.68 Å². The molecule has 0 bridgehead atoms. The molecule has 0 saturated carbocycles. The van der Waals surface area contributed by atoms with Gasteiger partial charge in [-0.2, -0.15) is 5.10 Å². The Morgan fingerprint density at radius 1 is 1.03 bits per heavy atom. The van der Waals surface area contributed by atoms with Crippen LogP contribution >= 0.6 is 0 Å². The van der Waals surface area contributed by atoms with Crippen molar-refractivity contribution in [1.82, 2.24) is 19.2 Å². The predicted molar refractivity (Wildman–Crippen MR) is 127 cm³/mol. The van der Waals surface area contributed by atoms with Gasteiger partial charge in [-0.05, 0) is 36.8 Å². The molecule has 5 rings (SSSR count). The van der Waals surface area contributed by atoms with E-state index in [4.69, 9.17) is 14.6 Å². The molecule has 4 aromatic rings. The molecule has 10 nitrogen and oxygen atoms in total. The van der Waals surface area contributed by atoms with Crippen molar-refractivity contribution in [3.8, 4) is 23.0 Å². The number of nitro benzene ring substituents is 1. The molecule has 0 fully saturated rings. The van der Waals surface area contributed by atoms with E-state index >= 15 is 0 Å². The average molecular weight is 473 g/mol. The SMILES string of the molecule is COc1cc(C(=O)N2Cc3nn(-c4cccc(C)c4)c(-n4cccc4)c3C2)c([N+](=O)[O-])cc1OC. The number of fused-ring (bicyclic) bond motifs is 1. The molecule has 0 N–H and O–H groups in total. The summed E-state index contributed by atoms with van der Waals surface area (Å²) in [7, 11) is 2.80. The number of benzene rings is 2. The van der Waals surface area contributed by atoms with Crippen LogP contribution in [0.5, 0.6) is 11.5 Å². The van der Waals surface area contributed by atoms with Crippen LogP contribution < -0.4 is 9.47 Å². The van der Waals surface area contributed by atoms with Gasteiger partial charge in [0, 0.05) is 24.0 Å². The molecule has 1 amide bonds. The molecule has 1 aliphatic heterocycles. The van der Waals surface area contributed by atoms with Crippen LogP contribution in [0.3, 0.4) is 0 Å². The van der Waals surface area contributed by atoms with Crippen molar-refractivity contribution in [2.45, 2.75) is 20.0 Å². The summed E-state index contributed by atoms with van der Waals surface area (Å²) < 4.78 is 14.3. The minimum atomic E-state index is -0.590. The van der Waals surface area contributed by atoms with E-state index in [1.165, 1.54) is 26.4 Å². The Balaban J connectivity index is 1.55. The van der Waals surface area contributed by atoms with Crippen LogP contribution in [0, 0.1) is 17.0 Å². The molecule has 2 aromatic heterocycles. The van der Waals surface area contributed by atoms with E-state index in [-0.39, 0.29) is 35.8 Å². The van der Waals surface area contributed by atoms with Gasteiger partial charge in [-0.1, -0.05) is 12.1 Å². The first-order chi connectivity index (χ1) is 16.9. The second kappa shape index (κ2) is 8.64. The topological polar surface area (TPSA) is 105 Å². The van der Waals surface area contributed by atoms with E-state index in [0.717, 1.165) is 28.3 Å². The second-order valence-electron chi connectivity index (χ2n) is 8.23. The zero-order chi connectivity index (χ0) is 24.7. The molecular formula is C25H23N5O5. The lowest BCUT2D eigenvalue weighted by Crippen LogP contribution is -2.27. The lowest BCUT2D eigenvalue weighted by Gasteiger charge is -2.18. The smallest absolute Gasteiger partial charge is 0.286 e. The van der Waals surface area contributed by atoms with E-state index in [1.807, 2.05) is 65.0 Å². The zero-order valence-electron chi connectivity index (χ0n) is 19.5. The molecule has 3 heterocycles. The summed E-state index contributed by atoms with van der Waals surface area (Å²) in [4.78, 5) is 26.2. The van der Waals surface area contributed by atoms with Crippen LogP contribution in [0.4, 0.5) is 5.69 Å². The largest absolute Gasteiger partial charge is 0.493 e. The molecule has 0 radical (unpaired) electrons. The van der Waals surface area contributed by atoms with Gasteiger partial charge in [-0.3, -0.25) is 14.9 Å². The van der Waals surface area contributed by atoms with Crippen molar-refractivity contribution < 1.29 is 19.2 Å². The van der Waals surface area contributed by atoms with Crippen LogP contribution in [-0.4, -0.2) is 44.3 Å². The minimum Gasteiger partial charge on any atom is -0.493 e. The van der Waals surface area contributed by atoms with Crippen molar-refractivity contribution in [2.24, 2.45) is 0 Å². The highest BCUT2D eigenvalue weighted by molar-refractivity contribution is 5.99. The molecule has 0 spiro atoms. The van der Waals surface area contributed by atoms with E-state index in [1.54, 1.807) is 4.90 Å². The number of methoxy groups -OCH3 is 2. The summed E-state index contributed by atoms with van der Waals surface area (Å²) >= 11 is 0. The molecule has 2 aromatic carbocycles. The van der Waals surface area contributed by atoms with Crippen molar-refractivity contribution in [3.63, 3.8) is 0 Å². The van der Waals surface area contributed by atoms with Gasteiger partial charge >= 0.3 is 0 Å². The maximum absolute atomic E-state index is 13.5. The van der Waals surface area contributed by atoms with E-state index in [0.29, 0.717) is 0 Å². The number of nitro groups is 1. The number of carbonyl (C=O) groups is 1. The number of ether oxygens (including phenoxy) is 2. The monoisotopic (exact) mass is 473 g/mol. The number of carbonyl (C=O) groups excluding carboxylic acids is 1. The lowest BCUT2D eigenvalue weighted by molar-refractivity contribution is -0.385. The van der Waals surface area contributed by atoms with Gasteiger partial charge in [0.1, 0.15) is 11.4 Å². The zero-order valence-corrected chi connectivity index (χ0v) is 19.5. The summed E-state index contributed by atoms with van der Waals surface area (Å²) in [6.45, 7) is 2.51. The summed E-state index contributed by atoms with van der Waals surface area (Å²) in [6.07, 6.45) is 3.85. The number of aromatic nitrogens is 3. The van der Waals surface area contributed by atoms with E-state index in [9.17, 15) is 14.9 Å². The Morgan fingerprint density at radius 3 is 2.40 bits per heavy atom. The molecule has 10 heteroatoms. The third-order valence-electron chi connectivity index (χ3n) is 6.04. The second-order valence-corrected chi connectivity index (χ2v) is 8.23. The number of amides is 1. The third-order valence-corrected chi connectivity index (χ3v) is 6.04. The minimum absolute atomic E-state index is 0.0631. The lowest BCUT2D eigenvalue weighted by atomic mass is 10.1. The van der Waals surface area contributed by atoms with Crippen molar-refractivity contribution in [1.29, 1.82) is 0 Å². The van der Waals surface area contributed by atoms with E-state index < -0.39 is 10.8 Å². The Bertz CT molecular complexity index is 1440. The van der Waals surface area contributed by atoms with Crippen LogP contribution in [0.1, 0.15) is 27.2 Å². The first-order valence-corrected chi connectivity index (χ1v) is 10.9. The number of aryl methyl sites for hydroxylation is 1. The highest BCUT2D eigenvalue weighted by atomic mass is 16.6. The maximum atomic E-state index is 13.5. The molecule has 0 unspecified atom stereocenters. The molecule has 0 aliphatic carbocycles. The van der Waals surface area contributed by atoms with Gasteiger partial charge in [-0.15, -0.1) is 0 Å². The standard InChI is InChI=1S/C25H23N5O5/c1-16-7-6-8-17(11-16)29-24(27-9-4-5-10-27)19-14-28(15-20(19)26-29)25(31)18-12-22(34-2)23(35-3)13-21(18)30(32)33/h4-13H,14-15H2,1-3H3. The number of hydrogen-bond acceptors (Lipinski definition) is 6. The van der Waals surface area contributed by atoms with Gasteiger partial charge in [0.15, 0.2) is 11.5 Å². The Labute approximate surface area is 201 Å². The molecule has 35 heavy (non-hydrogen) atoms. The van der Waals surface area contributed by atoms with Crippen molar-refractivity contribution >= 4 is 11.6 Å². The third kappa shape index (κ3) is 3.78. The number of nitrogens with zero attached hydrogens (tertiary/aromatic N) is 5. The molecular weight excluding hydrogens is 450 g/mol. The molecule has 0 saturated heterocycles. The first-order valence-electron chi connectivity index (χ1n) is 10.9. The Morgan fingerprint density at radius 2 is 1.74 bits per heavy atom. The predicted octanol–water partition coefficient (Wildman–Crippen LogP) is 4.05. The van der Waals surface area contributed by atoms with Gasteiger partial charge in [0.05, 0.1) is 49.7 Å². The summed E-state index contributed by atoms with van der Waals surface area (Å²) in [5.74, 6) is 0.782. The highest BCUT2D eigenvalue weighted by Crippen LogP contribution is 2.37. The Hall–Kier alpha value is -4.60. The maximum Gasteiger partial charge on any atom is 0.286 e. The van der Waals surface area contributed by atoms with Crippen LogP contribution in [0.15, 0.2) is 60.9 Å². The summed E-state index contributed by atoms with van der Waals surface area (Å²) in [5.41, 5.74) is 3.25. The normalized spacial score (nSPS) is 12.5. The molecule has 178 valence electrons. The molecule has 0 atom stereocenters. The quantitative estimate of drug-likeness (QED) is 0.309. The fraction of sp³-hybridized carbons (Fsp3) is 0.200. The summed E-state index contributed by atoms with van der Waals surface area (Å²) in [5, 5.41) is 16.6. The van der Waals surface area contributed by atoms with Crippen molar-refractivity contribution in [3.05, 3.63) is 93.4 Å². The van der Waals surface area contributed by atoms with Gasteiger partial charge < -0.3 is 18.9 Å². The molecule has 1 aliphatic rings. The number of rotatable bonds is 6. The first kappa shape index (κ1) is 22.2. The van der Waals surface area contributed by atoms with Crippen molar-refractivity contribution in [2.75, 3.05) is 14.2 Å². The average Bonchev–Trinajstić information content (AvgIpc) is 3.59. The van der Waals surface area contributed by atoms with Gasteiger partial charge in [0.25, 0.3) is 11.6 Å². The van der Waals surface area contributed by atoms with Crippen LogP contribution in [-0.2, 0) is 13.1 Å². The Kier molecular flexibility index (Phi) is 5.48. The van der Waals surface area contributed by atoms with Crippen LogP contribution in [0.2, 0.25) is 0 Å². The van der Waals surface area contributed by atoms with E-state index in [2.05, 4.69) is 0 Å². The van der Waals surface area contributed by atoms with Gasteiger partial charge in [0.2, 0.25) is 0 Å². The van der Waals surface area contributed by atoms with Crippen LogP contribution in [0.25, 0.3) is 11.5 Å².